The van der Waals surface area contributed by atoms with E-state index in [2.05, 4.69) is 81.3 Å². The van der Waals surface area contributed by atoms with E-state index in [0.717, 1.165) is 48.5 Å². The van der Waals surface area contributed by atoms with Crippen molar-refractivity contribution >= 4 is 23.5 Å². The zero-order valence-electron chi connectivity index (χ0n) is 34.9. The van der Waals surface area contributed by atoms with Crippen molar-refractivity contribution in [2.24, 2.45) is 5.41 Å². The summed E-state index contributed by atoms with van der Waals surface area (Å²) in [4.78, 5) is 11.3. The van der Waals surface area contributed by atoms with Gasteiger partial charge in [-0.2, -0.15) is 0 Å². The molecule has 4 aliphatic rings. The second-order valence-corrected chi connectivity index (χ2v) is 17.2. The molecule has 8 heteroatoms. The first kappa shape index (κ1) is 41.7. The van der Waals surface area contributed by atoms with Gasteiger partial charge in [-0.15, -0.1) is 0 Å². The number of nitrogens with zero attached hydrogens (tertiary/aromatic N) is 6. The van der Waals surface area contributed by atoms with Crippen LogP contribution in [0, 0.1) is 41.2 Å². The molecule has 6 rings (SSSR count). The monoisotopic (exact) mass is 756 g/mol. The number of ether oxygens (including phenoxy) is 2. The van der Waals surface area contributed by atoms with E-state index in [1.165, 1.54) is 16.8 Å². The van der Waals surface area contributed by atoms with Gasteiger partial charge in [0.1, 0.15) is 23.0 Å². The van der Waals surface area contributed by atoms with E-state index in [-0.39, 0.29) is 27.6 Å². The van der Waals surface area contributed by atoms with E-state index in [1.54, 1.807) is 25.2 Å². The van der Waals surface area contributed by atoms with Crippen LogP contribution in [0.4, 0.5) is 11.4 Å². The average molecular weight is 757 g/mol. The molecule has 0 N–H and O–H groups in total. The summed E-state index contributed by atoms with van der Waals surface area (Å²) in [5.74, 6) is 2.65. The zero-order valence-corrected chi connectivity index (χ0v) is 34.9. The average Bonchev–Trinajstić information content (AvgIpc) is 3.16. The number of hydrogen-bond acceptors (Lipinski definition) is 6. The van der Waals surface area contributed by atoms with Crippen LogP contribution in [-0.4, -0.2) is 27.2 Å². The van der Waals surface area contributed by atoms with Crippen LogP contribution in [0.1, 0.15) is 90.5 Å². The van der Waals surface area contributed by atoms with Gasteiger partial charge >= 0.3 is 0 Å². The van der Waals surface area contributed by atoms with Gasteiger partial charge in [0, 0.05) is 44.0 Å². The van der Waals surface area contributed by atoms with Crippen LogP contribution in [-0.2, 0) is 20.3 Å². The second-order valence-electron chi connectivity index (χ2n) is 17.2. The molecule has 57 heavy (non-hydrogen) atoms. The summed E-state index contributed by atoms with van der Waals surface area (Å²) < 4.78 is 11.8. The Labute approximate surface area is 339 Å². The second kappa shape index (κ2) is 16.7. The predicted octanol–water partition coefficient (Wildman–Crippen LogP) is 11.7. The van der Waals surface area contributed by atoms with Gasteiger partial charge < -0.3 is 19.3 Å². The Morgan fingerprint density at radius 3 is 1.72 bits per heavy atom. The highest BCUT2D eigenvalue weighted by atomic mass is 16.5. The Bertz CT molecular complexity index is 2280. The highest BCUT2D eigenvalue weighted by molar-refractivity contribution is 5.72. The minimum absolute atomic E-state index is 0.0638. The van der Waals surface area contributed by atoms with Crippen molar-refractivity contribution in [1.82, 2.24) is 0 Å². The van der Waals surface area contributed by atoms with Crippen LogP contribution >= 0.6 is 0 Å². The fraction of sp³-hybridized carbons (Fsp3) is 0.347. The smallest absolute Gasteiger partial charge is 0.269 e. The van der Waals surface area contributed by atoms with Crippen LogP contribution in [0.15, 0.2) is 118 Å². The Kier molecular flexibility index (Phi) is 12.2. The molecule has 0 fully saturated rings. The van der Waals surface area contributed by atoms with Gasteiger partial charge in [0.05, 0.1) is 25.3 Å². The van der Waals surface area contributed by atoms with Crippen LogP contribution in [0.5, 0.6) is 0 Å². The molecule has 290 valence electrons. The summed E-state index contributed by atoms with van der Waals surface area (Å²) in [6, 6.07) is 16.7. The van der Waals surface area contributed by atoms with Crippen molar-refractivity contribution in [2.75, 3.05) is 37.0 Å². The van der Waals surface area contributed by atoms with Gasteiger partial charge in [0.15, 0.2) is 0 Å². The molecule has 0 spiro atoms. The molecule has 8 nitrogen and oxygen atoms in total. The molecule has 0 amide bonds. The van der Waals surface area contributed by atoms with E-state index in [4.69, 9.17) is 27.9 Å². The highest BCUT2D eigenvalue weighted by Gasteiger charge is 2.40. The van der Waals surface area contributed by atoms with Crippen molar-refractivity contribution < 1.29 is 9.47 Å². The van der Waals surface area contributed by atoms with Gasteiger partial charge in [-0.05, 0) is 125 Å². The van der Waals surface area contributed by atoms with Crippen LogP contribution in [0.3, 0.4) is 0 Å². The molecule has 0 saturated carbocycles. The molecule has 0 unspecified atom stereocenters. The number of hydrogen-bond donors (Lipinski definition) is 0. The standard InChI is InChI=1S/C30H35N3O.C19H17N3O/c1-28(2,3)26-18-21(25(19-31)32-8)17-22(34-26)10-9-20-15-23-27-24(16-20)30(6,7)12-14-33(27)13-11-29(23,4)5;1-14-11-16(19(13-20)21-2)12-18(23-14)10-7-15-5-8-17(9-6-15)22(3)4/h9-10,15-18H,11-14H2,1-7H3;5-12H,1,3-4H3/b10-9+,25-21+;10-7+,19-16-. The molecule has 0 radical (unpaired) electrons. The lowest BCUT2D eigenvalue weighted by Gasteiger charge is -2.48. The van der Waals surface area contributed by atoms with Crippen LogP contribution in [0.2, 0.25) is 0 Å². The zero-order chi connectivity index (χ0) is 41.7. The van der Waals surface area contributed by atoms with Crippen LogP contribution < -0.4 is 9.80 Å². The summed E-state index contributed by atoms with van der Waals surface area (Å²) in [6.07, 6.45) is 17.2. The van der Waals surface area contributed by atoms with Gasteiger partial charge in [0.2, 0.25) is 0 Å². The minimum atomic E-state index is -0.241. The van der Waals surface area contributed by atoms with Crippen molar-refractivity contribution in [2.45, 2.75) is 79.1 Å². The lowest BCUT2D eigenvalue weighted by molar-refractivity contribution is 0.223. The molecular formula is C49H52N6O2. The molecule has 2 aromatic rings. The summed E-state index contributed by atoms with van der Waals surface area (Å²) in [7, 11) is 4.00. The maximum Gasteiger partial charge on any atom is 0.269 e. The third-order valence-corrected chi connectivity index (χ3v) is 10.7. The first-order chi connectivity index (χ1) is 26.9. The molecule has 4 heterocycles. The summed E-state index contributed by atoms with van der Waals surface area (Å²) in [5.41, 5.74) is 8.99. The van der Waals surface area contributed by atoms with Gasteiger partial charge in [0.25, 0.3) is 11.4 Å². The van der Waals surface area contributed by atoms with E-state index in [1.807, 2.05) is 79.7 Å². The Hall–Kier alpha value is -6.48. The van der Waals surface area contributed by atoms with E-state index in [9.17, 15) is 5.26 Å². The molecule has 4 aliphatic heterocycles. The van der Waals surface area contributed by atoms with Crippen molar-refractivity contribution in [3.8, 4) is 12.1 Å². The van der Waals surface area contributed by atoms with Crippen molar-refractivity contribution in [1.29, 1.82) is 10.5 Å². The first-order valence-electron chi connectivity index (χ1n) is 19.2. The number of anilines is 2. The number of allylic oxidation sites excluding steroid dienone is 12. The normalized spacial score (nSPS) is 19.6. The minimum Gasteiger partial charge on any atom is -0.462 e. The number of nitriles is 2. The highest BCUT2D eigenvalue weighted by Crippen LogP contribution is 2.49. The maximum absolute atomic E-state index is 9.41. The lowest BCUT2D eigenvalue weighted by Crippen LogP contribution is -2.44. The fourth-order valence-corrected chi connectivity index (χ4v) is 7.10. The third kappa shape index (κ3) is 9.67. The van der Waals surface area contributed by atoms with E-state index >= 15 is 0 Å². The predicted molar refractivity (Wildman–Crippen MR) is 231 cm³/mol. The molecule has 0 bridgehead atoms. The van der Waals surface area contributed by atoms with E-state index in [0.29, 0.717) is 28.4 Å². The number of benzene rings is 2. The molecule has 0 saturated heterocycles. The van der Waals surface area contributed by atoms with Crippen molar-refractivity contribution in [3.63, 3.8) is 0 Å². The molecular weight excluding hydrogens is 705 g/mol. The third-order valence-electron chi connectivity index (χ3n) is 10.7. The summed E-state index contributed by atoms with van der Waals surface area (Å²) in [6.45, 7) is 34.1. The summed E-state index contributed by atoms with van der Waals surface area (Å²) in [5, 5.41) is 18.4. The Morgan fingerprint density at radius 1 is 0.754 bits per heavy atom. The SMILES string of the molecule is [C-]#[N+]/C(C#N)=C1/C=C(C)OC(/C=C/c2ccc(N(C)C)cc2)=C1.[C-]#[N+]/C(C#N)=C1C=C(/C=C/c2cc3c4c(c2)C(C)(C)CCN4CCC3(C)C)OC(C(C)(C)C)=C\1. The van der Waals surface area contributed by atoms with Gasteiger partial charge in [-0.1, -0.05) is 72.8 Å². The van der Waals surface area contributed by atoms with Gasteiger partial charge in [-0.25, -0.2) is 20.2 Å². The van der Waals surface area contributed by atoms with E-state index < -0.39 is 0 Å². The Balaban J connectivity index is 0.000000235. The topological polar surface area (TPSA) is 81.2 Å². The fourth-order valence-electron chi connectivity index (χ4n) is 7.10. The largest absolute Gasteiger partial charge is 0.462 e. The number of rotatable bonds is 5. The quantitative estimate of drug-likeness (QED) is 0.223. The Morgan fingerprint density at radius 2 is 1.25 bits per heavy atom. The molecule has 2 aromatic carbocycles. The molecule has 0 aliphatic carbocycles. The first-order valence-corrected chi connectivity index (χ1v) is 19.2. The maximum atomic E-state index is 9.41. The van der Waals surface area contributed by atoms with Gasteiger partial charge in [-0.3, -0.25) is 0 Å². The molecule has 0 atom stereocenters. The summed E-state index contributed by atoms with van der Waals surface area (Å²) >= 11 is 0. The van der Waals surface area contributed by atoms with Crippen molar-refractivity contribution in [3.05, 3.63) is 164 Å². The molecule has 0 aromatic heterocycles. The lowest BCUT2D eigenvalue weighted by atomic mass is 9.69. The van der Waals surface area contributed by atoms with Crippen LogP contribution in [0.25, 0.3) is 21.8 Å².